The van der Waals surface area contributed by atoms with Crippen LogP contribution in [0, 0.1) is 5.92 Å². The van der Waals surface area contributed by atoms with E-state index in [-0.39, 0.29) is 12.4 Å². The second-order valence-corrected chi connectivity index (χ2v) is 7.22. The molecule has 0 radical (unpaired) electrons. The largest absolute Gasteiger partial charge is 0.437 e. The zero-order valence-corrected chi connectivity index (χ0v) is 15.2. The van der Waals surface area contributed by atoms with Gasteiger partial charge in [-0.2, -0.15) is 18.2 Å². The first kappa shape index (κ1) is 18.5. The predicted octanol–water partition coefficient (Wildman–Crippen LogP) is 4.23. The monoisotopic (exact) mass is 392 g/mol. The Morgan fingerprint density at radius 1 is 1.43 bits per heavy atom. The number of H-pyrrole nitrogens is 1. The fourth-order valence-corrected chi connectivity index (χ4v) is 3.54. The number of alkyl halides is 3. The molecule has 1 fully saturated rings. The number of carbonyl (C=O) groups excluding carboxylic acids is 1. The highest BCUT2D eigenvalue weighted by Gasteiger charge is 2.42. The normalized spacial score (nSPS) is 18.0. The summed E-state index contributed by atoms with van der Waals surface area (Å²) in [6.45, 7) is 3.14. The predicted molar refractivity (Wildman–Crippen MR) is 96.2 cm³/mol. The molecule has 9 heteroatoms. The van der Waals surface area contributed by atoms with Crippen LogP contribution in [0.5, 0.6) is 0 Å². The Morgan fingerprint density at radius 2 is 2.25 bits per heavy atom. The van der Waals surface area contributed by atoms with Gasteiger partial charge in [0.05, 0.1) is 0 Å². The molecule has 148 valence electrons. The molecule has 0 bridgehead atoms. The first-order chi connectivity index (χ1) is 13.3. The average Bonchev–Trinajstić information content (AvgIpc) is 3.28. The molecule has 0 aliphatic carbocycles. The molecule has 3 aromatic heterocycles. The molecule has 0 aromatic carbocycles. The van der Waals surface area contributed by atoms with Crippen molar-refractivity contribution in [3.63, 3.8) is 0 Å². The van der Waals surface area contributed by atoms with Crippen LogP contribution in [0.3, 0.4) is 0 Å². The van der Waals surface area contributed by atoms with Gasteiger partial charge in [-0.15, -0.1) is 0 Å². The second kappa shape index (κ2) is 6.96. The van der Waals surface area contributed by atoms with Crippen molar-refractivity contribution in [3.05, 3.63) is 41.5 Å². The third-order valence-electron chi connectivity index (χ3n) is 4.89. The number of halogens is 3. The highest BCUT2D eigenvalue weighted by Crippen LogP contribution is 2.35. The van der Waals surface area contributed by atoms with Gasteiger partial charge in [-0.05, 0) is 36.5 Å². The molecular formula is C19H19F3N4O2. The lowest BCUT2D eigenvalue weighted by Gasteiger charge is -2.29. The summed E-state index contributed by atoms with van der Waals surface area (Å²) in [6, 6.07) is 3.36. The van der Waals surface area contributed by atoms with Crippen LogP contribution in [0.4, 0.5) is 19.2 Å². The Morgan fingerprint density at radius 3 is 3.00 bits per heavy atom. The number of nitrogens with one attached hydrogen (secondary N) is 1. The van der Waals surface area contributed by atoms with Gasteiger partial charge in [-0.3, -0.25) is 4.79 Å². The molecule has 0 spiro atoms. The number of aromatic nitrogens is 3. The van der Waals surface area contributed by atoms with E-state index in [1.807, 2.05) is 6.92 Å². The Labute approximate surface area is 158 Å². The van der Waals surface area contributed by atoms with E-state index in [0.717, 1.165) is 18.2 Å². The number of fused-ring (bicyclic) bond motifs is 1. The van der Waals surface area contributed by atoms with E-state index in [1.54, 1.807) is 23.2 Å². The lowest BCUT2D eigenvalue weighted by atomic mass is 10.0. The fourth-order valence-electron chi connectivity index (χ4n) is 3.54. The van der Waals surface area contributed by atoms with Crippen molar-refractivity contribution in [3.8, 4) is 0 Å². The maximum atomic E-state index is 13.5. The summed E-state index contributed by atoms with van der Waals surface area (Å²) in [5.41, 5.74) is -0.107. The van der Waals surface area contributed by atoms with E-state index < -0.39 is 23.4 Å². The molecule has 4 heterocycles. The first-order valence-corrected chi connectivity index (χ1v) is 9.09. The van der Waals surface area contributed by atoms with E-state index in [2.05, 4.69) is 15.0 Å². The summed E-state index contributed by atoms with van der Waals surface area (Å²) in [5, 5.41) is 0.780. The van der Waals surface area contributed by atoms with E-state index >= 15 is 0 Å². The number of hydrogen-bond acceptors (Lipinski definition) is 5. The Bertz CT molecular complexity index is 1010. The molecule has 3 aromatic rings. The Hall–Kier alpha value is -2.84. The van der Waals surface area contributed by atoms with Crippen molar-refractivity contribution in [1.82, 2.24) is 15.0 Å². The Balaban J connectivity index is 1.63. The van der Waals surface area contributed by atoms with Gasteiger partial charge in [0.2, 0.25) is 11.5 Å². The van der Waals surface area contributed by atoms with Crippen molar-refractivity contribution in [2.75, 3.05) is 18.0 Å². The molecule has 4 rings (SSSR count). The molecule has 1 unspecified atom stereocenters. The number of oxazole rings is 1. The van der Waals surface area contributed by atoms with Gasteiger partial charge < -0.3 is 14.3 Å². The van der Waals surface area contributed by atoms with Crippen LogP contribution in [0.25, 0.3) is 11.0 Å². The van der Waals surface area contributed by atoms with Gasteiger partial charge in [0, 0.05) is 37.3 Å². The number of carbonyl (C=O) groups is 1. The molecule has 28 heavy (non-hydrogen) atoms. The lowest BCUT2D eigenvalue weighted by molar-refractivity contribution is -0.141. The van der Waals surface area contributed by atoms with Crippen molar-refractivity contribution in [2.24, 2.45) is 5.92 Å². The van der Waals surface area contributed by atoms with Crippen molar-refractivity contribution in [1.29, 1.82) is 0 Å². The number of rotatable bonds is 4. The lowest BCUT2D eigenvalue weighted by Crippen LogP contribution is -2.34. The van der Waals surface area contributed by atoms with Gasteiger partial charge in [0.25, 0.3) is 6.01 Å². The minimum absolute atomic E-state index is 0.138. The van der Waals surface area contributed by atoms with E-state index in [4.69, 9.17) is 4.42 Å². The fraction of sp³-hybridized carbons (Fsp3) is 0.421. The zero-order valence-electron chi connectivity index (χ0n) is 15.2. The summed E-state index contributed by atoms with van der Waals surface area (Å²) in [5.74, 6) is -1.18. The molecule has 1 atom stereocenters. The minimum atomic E-state index is -4.77. The van der Waals surface area contributed by atoms with Crippen LogP contribution >= 0.6 is 0 Å². The van der Waals surface area contributed by atoms with Gasteiger partial charge in [0.1, 0.15) is 5.65 Å². The van der Waals surface area contributed by atoms with E-state index in [1.165, 1.54) is 6.20 Å². The number of piperidine rings is 1. The summed E-state index contributed by atoms with van der Waals surface area (Å²) in [7, 11) is 0. The van der Waals surface area contributed by atoms with Gasteiger partial charge in [0.15, 0.2) is 5.69 Å². The van der Waals surface area contributed by atoms with E-state index in [0.29, 0.717) is 30.2 Å². The molecular weight excluding hydrogens is 373 g/mol. The molecule has 1 N–H and O–H groups in total. The van der Waals surface area contributed by atoms with Crippen molar-refractivity contribution >= 4 is 22.8 Å². The number of pyridine rings is 1. The van der Waals surface area contributed by atoms with Gasteiger partial charge in [-0.1, -0.05) is 6.92 Å². The van der Waals surface area contributed by atoms with Crippen molar-refractivity contribution < 1.29 is 22.4 Å². The standard InChI is InChI=1S/C19H19F3N4O2/c1-11-3-2-6-26(10-11)18-25-16(19(20,21)22)15(28-18)14(27)8-12-7-13-4-5-23-17(13)24-9-12/h4-5,7,9,11H,2-3,6,8,10H2,1H3,(H,23,24). The SMILES string of the molecule is CC1CCCN(c2nc(C(F)(F)F)c(C(=O)Cc3cnc4[nH]ccc4c3)o2)C1. The Kier molecular flexibility index (Phi) is 4.60. The number of anilines is 1. The number of Topliss-reactive ketones (excluding diaryl/α,β-unsaturated/α-hetero) is 1. The van der Waals surface area contributed by atoms with Crippen LogP contribution in [0.1, 0.15) is 41.6 Å². The summed E-state index contributed by atoms with van der Waals surface area (Å²) in [4.78, 5) is 25.0. The minimum Gasteiger partial charge on any atom is -0.420 e. The van der Waals surface area contributed by atoms with E-state index in [9.17, 15) is 18.0 Å². The number of ketones is 1. The quantitative estimate of drug-likeness (QED) is 0.673. The molecule has 1 aliphatic rings. The summed E-state index contributed by atoms with van der Waals surface area (Å²) >= 11 is 0. The topological polar surface area (TPSA) is 75.0 Å². The van der Waals surface area contributed by atoms with Crippen LogP contribution in [-0.4, -0.2) is 33.8 Å². The smallest absolute Gasteiger partial charge is 0.420 e. The number of aromatic amines is 1. The number of nitrogens with zero attached hydrogens (tertiary/aromatic N) is 3. The van der Waals surface area contributed by atoms with Crippen LogP contribution in [0.15, 0.2) is 28.9 Å². The number of hydrogen-bond donors (Lipinski definition) is 1. The average molecular weight is 392 g/mol. The summed E-state index contributed by atoms with van der Waals surface area (Å²) in [6.07, 6.45) is 0.000459. The van der Waals surface area contributed by atoms with Gasteiger partial charge in [-0.25, -0.2) is 4.98 Å². The molecule has 0 amide bonds. The summed E-state index contributed by atoms with van der Waals surface area (Å²) < 4.78 is 45.7. The molecule has 0 saturated carbocycles. The molecule has 1 aliphatic heterocycles. The second-order valence-electron chi connectivity index (χ2n) is 7.22. The van der Waals surface area contributed by atoms with Crippen LogP contribution < -0.4 is 4.90 Å². The van der Waals surface area contributed by atoms with Gasteiger partial charge >= 0.3 is 6.18 Å². The maximum absolute atomic E-state index is 13.5. The highest BCUT2D eigenvalue weighted by molar-refractivity contribution is 5.96. The maximum Gasteiger partial charge on any atom is 0.437 e. The third-order valence-corrected chi connectivity index (χ3v) is 4.89. The highest BCUT2D eigenvalue weighted by atomic mass is 19.4. The third kappa shape index (κ3) is 3.61. The first-order valence-electron chi connectivity index (χ1n) is 9.09. The molecule has 6 nitrogen and oxygen atoms in total. The molecule has 1 saturated heterocycles. The van der Waals surface area contributed by atoms with Crippen molar-refractivity contribution in [2.45, 2.75) is 32.4 Å². The zero-order chi connectivity index (χ0) is 19.9. The van der Waals surface area contributed by atoms with Crippen LogP contribution in [-0.2, 0) is 12.6 Å². The van der Waals surface area contributed by atoms with Crippen LogP contribution in [0.2, 0.25) is 0 Å².